The fourth-order valence-electron chi connectivity index (χ4n) is 1.63. The normalized spacial score (nSPS) is 11.4. The molecular formula is C13H17N3O4. The number of nitro groups is 1. The SMILES string of the molecule is CCNC(C#N)CCOc1ccc([N+](=O)[O-])cc1OC. The highest BCUT2D eigenvalue weighted by atomic mass is 16.6. The molecule has 7 nitrogen and oxygen atoms in total. The lowest BCUT2D eigenvalue weighted by Gasteiger charge is -2.12. The van der Waals surface area contributed by atoms with Gasteiger partial charge >= 0.3 is 0 Å². The van der Waals surface area contributed by atoms with Crippen molar-refractivity contribution < 1.29 is 14.4 Å². The van der Waals surface area contributed by atoms with Crippen molar-refractivity contribution in [2.75, 3.05) is 20.3 Å². The van der Waals surface area contributed by atoms with Gasteiger partial charge in [-0.15, -0.1) is 0 Å². The van der Waals surface area contributed by atoms with Crippen LogP contribution in [-0.2, 0) is 0 Å². The minimum absolute atomic E-state index is 0.0586. The highest BCUT2D eigenvalue weighted by Gasteiger charge is 2.13. The molecule has 0 amide bonds. The van der Waals surface area contributed by atoms with Gasteiger partial charge in [0.25, 0.3) is 5.69 Å². The number of ether oxygens (including phenoxy) is 2. The summed E-state index contributed by atoms with van der Waals surface area (Å²) in [5.41, 5.74) is -0.0586. The van der Waals surface area contributed by atoms with Crippen LogP contribution in [0.1, 0.15) is 13.3 Å². The van der Waals surface area contributed by atoms with E-state index in [1.165, 1.54) is 25.3 Å². The van der Waals surface area contributed by atoms with Crippen LogP contribution < -0.4 is 14.8 Å². The molecule has 0 aliphatic heterocycles. The Balaban J connectivity index is 2.64. The highest BCUT2D eigenvalue weighted by molar-refractivity contribution is 5.48. The first-order valence-corrected chi connectivity index (χ1v) is 6.20. The van der Waals surface area contributed by atoms with E-state index in [-0.39, 0.29) is 11.7 Å². The average Bonchev–Trinajstić information content (AvgIpc) is 2.46. The van der Waals surface area contributed by atoms with E-state index in [1.807, 2.05) is 6.92 Å². The summed E-state index contributed by atoms with van der Waals surface area (Å²) < 4.78 is 10.6. The number of methoxy groups -OCH3 is 1. The Labute approximate surface area is 117 Å². The smallest absolute Gasteiger partial charge is 0.273 e. The van der Waals surface area contributed by atoms with Crippen LogP contribution in [0.2, 0.25) is 0 Å². The average molecular weight is 279 g/mol. The molecule has 0 aromatic heterocycles. The molecule has 0 bridgehead atoms. The summed E-state index contributed by atoms with van der Waals surface area (Å²) in [4.78, 5) is 10.2. The van der Waals surface area contributed by atoms with Gasteiger partial charge in [-0.3, -0.25) is 10.1 Å². The van der Waals surface area contributed by atoms with Crippen molar-refractivity contribution in [3.05, 3.63) is 28.3 Å². The minimum Gasteiger partial charge on any atom is -0.493 e. The van der Waals surface area contributed by atoms with Crippen molar-refractivity contribution in [3.8, 4) is 17.6 Å². The second kappa shape index (κ2) is 7.96. The van der Waals surface area contributed by atoms with Gasteiger partial charge in [-0.25, -0.2) is 0 Å². The molecule has 20 heavy (non-hydrogen) atoms. The Kier molecular flexibility index (Phi) is 6.26. The Hall–Kier alpha value is -2.33. The maximum absolute atomic E-state index is 10.7. The molecule has 0 aliphatic rings. The summed E-state index contributed by atoms with van der Waals surface area (Å²) in [5, 5.41) is 22.6. The molecule has 108 valence electrons. The summed E-state index contributed by atoms with van der Waals surface area (Å²) >= 11 is 0. The quantitative estimate of drug-likeness (QED) is 0.576. The number of hydrogen-bond acceptors (Lipinski definition) is 6. The molecule has 0 aliphatic carbocycles. The zero-order chi connectivity index (χ0) is 15.0. The number of hydrogen-bond donors (Lipinski definition) is 1. The fourth-order valence-corrected chi connectivity index (χ4v) is 1.63. The van der Waals surface area contributed by atoms with Gasteiger partial charge in [-0.05, 0) is 12.6 Å². The van der Waals surface area contributed by atoms with Gasteiger partial charge in [0.15, 0.2) is 11.5 Å². The number of rotatable bonds is 8. The third kappa shape index (κ3) is 4.40. The van der Waals surface area contributed by atoms with Crippen LogP contribution >= 0.6 is 0 Å². The Bertz CT molecular complexity index is 499. The molecule has 1 aromatic rings. The van der Waals surface area contributed by atoms with E-state index >= 15 is 0 Å². The van der Waals surface area contributed by atoms with Gasteiger partial charge in [-0.1, -0.05) is 6.92 Å². The maximum atomic E-state index is 10.7. The van der Waals surface area contributed by atoms with E-state index in [4.69, 9.17) is 14.7 Å². The molecule has 0 saturated heterocycles. The van der Waals surface area contributed by atoms with Crippen molar-refractivity contribution >= 4 is 5.69 Å². The molecule has 1 N–H and O–H groups in total. The van der Waals surface area contributed by atoms with E-state index in [1.54, 1.807) is 0 Å². The molecule has 0 radical (unpaired) electrons. The number of non-ortho nitro benzene ring substituents is 1. The van der Waals surface area contributed by atoms with Crippen molar-refractivity contribution in [2.45, 2.75) is 19.4 Å². The van der Waals surface area contributed by atoms with Crippen LogP contribution in [0.3, 0.4) is 0 Å². The number of benzene rings is 1. The Morgan fingerprint density at radius 3 is 2.80 bits per heavy atom. The highest BCUT2D eigenvalue weighted by Crippen LogP contribution is 2.31. The number of nitriles is 1. The zero-order valence-corrected chi connectivity index (χ0v) is 11.5. The van der Waals surface area contributed by atoms with Crippen molar-refractivity contribution in [3.63, 3.8) is 0 Å². The molecule has 1 aromatic carbocycles. The van der Waals surface area contributed by atoms with E-state index in [9.17, 15) is 10.1 Å². The van der Waals surface area contributed by atoms with Crippen molar-refractivity contribution in [1.82, 2.24) is 5.32 Å². The molecule has 0 heterocycles. The standard InChI is InChI=1S/C13H17N3O4/c1-3-15-10(9-14)6-7-20-12-5-4-11(16(17)18)8-13(12)19-2/h4-5,8,10,15H,3,6-7H2,1-2H3. The zero-order valence-electron chi connectivity index (χ0n) is 11.5. The second-order valence-corrected chi connectivity index (χ2v) is 3.97. The van der Waals surface area contributed by atoms with Crippen LogP contribution in [0.4, 0.5) is 5.69 Å². The summed E-state index contributed by atoms with van der Waals surface area (Å²) in [5.74, 6) is 0.724. The number of nitrogens with zero attached hydrogens (tertiary/aromatic N) is 2. The van der Waals surface area contributed by atoms with E-state index in [2.05, 4.69) is 11.4 Å². The number of nitrogens with one attached hydrogen (secondary N) is 1. The molecular weight excluding hydrogens is 262 g/mol. The lowest BCUT2D eigenvalue weighted by molar-refractivity contribution is -0.384. The first-order chi connectivity index (χ1) is 9.62. The Morgan fingerprint density at radius 1 is 1.50 bits per heavy atom. The fraction of sp³-hybridized carbons (Fsp3) is 0.462. The summed E-state index contributed by atoms with van der Waals surface area (Å²) in [6.07, 6.45) is 0.518. The molecule has 0 fully saturated rings. The van der Waals surface area contributed by atoms with E-state index in [0.29, 0.717) is 31.1 Å². The van der Waals surface area contributed by atoms with Crippen LogP contribution in [0.5, 0.6) is 11.5 Å². The molecule has 0 spiro atoms. The second-order valence-electron chi connectivity index (χ2n) is 3.97. The lowest BCUT2D eigenvalue weighted by atomic mass is 10.2. The third-order valence-corrected chi connectivity index (χ3v) is 2.63. The monoisotopic (exact) mass is 279 g/mol. The molecule has 1 rings (SSSR count). The van der Waals surface area contributed by atoms with Crippen molar-refractivity contribution in [2.24, 2.45) is 0 Å². The van der Waals surface area contributed by atoms with Gasteiger partial charge in [0.1, 0.15) is 0 Å². The first kappa shape index (κ1) is 15.7. The van der Waals surface area contributed by atoms with E-state index in [0.717, 1.165) is 0 Å². The summed E-state index contributed by atoms with van der Waals surface area (Å²) in [6, 6.07) is 6.01. The van der Waals surface area contributed by atoms with Crippen LogP contribution in [-0.4, -0.2) is 31.2 Å². The summed E-state index contributed by atoms with van der Waals surface area (Å²) in [7, 11) is 1.42. The maximum Gasteiger partial charge on any atom is 0.273 e. The van der Waals surface area contributed by atoms with Gasteiger partial charge in [0.05, 0.1) is 36.8 Å². The van der Waals surface area contributed by atoms with Gasteiger partial charge < -0.3 is 14.8 Å². The lowest BCUT2D eigenvalue weighted by Crippen LogP contribution is -2.28. The van der Waals surface area contributed by atoms with Gasteiger partial charge in [0, 0.05) is 12.5 Å². The van der Waals surface area contributed by atoms with Crippen molar-refractivity contribution in [1.29, 1.82) is 5.26 Å². The topological polar surface area (TPSA) is 97.4 Å². The van der Waals surface area contributed by atoms with E-state index < -0.39 is 4.92 Å². The predicted octanol–water partition coefficient (Wildman–Crippen LogP) is 1.87. The van der Waals surface area contributed by atoms with Crippen LogP contribution in [0.25, 0.3) is 0 Å². The van der Waals surface area contributed by atoms with Gasteiger partial charge in [0.2, 0.25) is 0 Å². The molecule has 7 heteroatoms. The first-order valence-electron chi connectivity index (χ1n) is 6.20. The predicted molar refractivity (Wildman–Crippen MR) is 72.8 cm³/mol. The molecule has 1 unspecified atom stereocenters. The van der Waals surface area contributed by atoms with Crippen LogP contribution in [0.15, 0.2) is 18.2 Å². The van der Waals surface area contributed by atoms with Gasteiger partial charge in [-0.2, -0.15) is 5.26 Å². The van der Waals surface area contributed by atoms with Crippen LogP contribution in [0, 0.1) is 21.4 Å². The number of nitro benzene ring substituents is 1. The largest absolute Gasteiger partial charge is 0.493 e. The molecule has 0 saturated carbocycles. The molecule has 1 atom stereocenters. The summed E-state index contributed by atoms with van der Waals surface area (Å²) in [6.45, 7) is 2.95. The third-order valence-electron chi connectivity index (χ3n) is 2.63. The Morgan fingerprint density at radius 2 is 2.25 bits per heavy atom. The minimum atomic E-state index is -0.497.